The average molecular weight is 433 g/mol. The fourth-order valence-electron chi connectivity index (χ4n) is 4.25. The molecule has 1 aromatic carbocycles. The molecule has 0 saturated carbocycles. The minimum atomic E-state index is -0.430. The summed E-state index contributed by atoms with van der Waals surface area (Å²) in [7, 11) is 2.79. The molecule has 4 heteroatoms. The molecule has 4 nitrogen and oxygen atoms in total. The Morgan fingerprint density at radius 1 is 0.613 bits per heavy atom. The Hall–Kier alpha value is -1.84. The number of carbonyl (C=O) groups is 2. The first-order chi connectivity index (χ1) is 15.0. The molecule has 0 heterocycles. The molecule has 0 aliphatic heterocycles. The maximum Gasteiger partial charge on any atom is 0.339 e. The number of carbonyl (C=O) groups excluding carboxylic acids is 2. The van der Waals surface area contributed by atoms with E-state index in [0.29, 0.717) is 11.1 Å². The van der Waals surface area contributed by atoms with Gasteiger partial charge in [0.1, 0.15) is 0 Å². The second kappa shape index (κ2) is 15.9. The van der Waals surface area contributed by atoms with Crippen LogP contribution in [0.1, 0.15) is 129 Å². The highest BCUT2D eigenvalue weighted by atomic mass is 16.5. The summed E-state index contributed by atoms with van der Waals surface area (Å²) in [4.78, 5) is 25.8. The summed E-state index contributed by atoms with van der Waals surface area (Å²) < 4.78 is 10.3. The van der Waals surface area contributed by atoms with Crippen LogP contribution in [0.3, 0.4) is 0 Å². The van der Waals surface area contributed by atoms with Crippen LogP contribution in [0.25, 0.3) is 0 Å². The number of methoxy groups -OCH3 is 2. The van der Waals surface area contributed by atoms with Gasteiger partial charge in [-0.25, -0.2) is 9.59 Å². The number of benzene rings is 1. The molecule has 176 valence electrons. The first kappa shape index (κ1) is 27.2. The number of rotatable bonds is 16. The van der Waals surface area contributed by atoms with Crippen LogP contribution < -0.4 is 0 Å². The van der Waals surface area contributed by atoms with E-state index in [1.165, 1.54) is 32.6 Å². The molecule has 31 heavy (non-hydrogen) atoms. The van der Waals surface area contributed by atoms with Gasteiger partial charge in [0.15, 0.2) is 0 Å². The van der Waals surface area contributed by atoms with Crippen molar-refractivity contribution in [3.8, 4) is 0 Å². The molecule has 0 atom stereocenters. The van der Waals surface area contributed by atoms with E-state index in [1.54, 1.807) is 0 Å². The summed E-state index contributed by atoms with van der Waals surface area (Å²) in [5.74, 6) is -0.848. The quantitative estimate of drug-likeness (QED) is 0.204. The molecule has 0 aliphatic carbocycles. The van der Waals surface area contributed by atoms with E-state index in [9.17, 15) is 9.59 Å². The first-order valence-corrected chi connectivity index (χ1v) is 12.4. The minimum Gasteiger partial charge on any atom is -0.465 e. The Morgan fingerprint density at radius 2 is 1.06 bits per heavy atom. The van der Waals surface area contributed by atoms with E-state index in [4.69, 9.17) is 9.47 Å². The maximum atomic E-state index is 12.9. The largest absolute Gasteiger partial charge is 0.465 e. The van der Waals surface area contributed by atoms with E-state index >= 15 is 0 Å². The summed E-state index contributed by atoms with van der Waals surface area (Å²) >= 11 is 0. The SMILES string of the molecule is CCCCCCc1cc(CCCCC)c(CCCCCC)c(C(=O)OC)c1C(=O)OC. The number of esters is 2. The lowest BCUT2D eigenvalue weighted by Crippen LogP contribution is -2.19. The van der Waals surface area contributed by atoms with Gasteiger partial charge in [-0.05, 0) is 55.2 Å². The third-order valence-corrected chi connectivity index (χ3v) is 6.02. The van der Waals surface area contributed by atoms with Gasteiger partial charge in [0.2, 0.25) is 0 Å². The standard InChI is InChI=1S/C27H44O4/c1-6-9-12-15-18-22-20-21(17-14-11-8-3)23(19-16-13-10-7-2)25(27(29)31-5)24(22)26(28)30-4/h20H,6-19H2,1-5H3. The van der Waals surface area contributed by atoms with Crippen molar-refractivity contribution >= 4 is 11.9 Å². The molecule has 0 spiro atoms. The highest BCUT2D eigenvalue weighted by molar-refractivity contribution is 6.05. The molecule has 1 aromatic rings. The van der Waals surface area contributed by atoms with Gasteiger partial charge in [-0.3, -0.25) is 0 Å². The van der Waals surface area contributed by atoms with Crippen LogP contribution in [0.2, 0.25) is 0 Å². The molecule has 0 radical (unpaired) electrons. The lowest BCUT2D eigenvalue weighted by molar-refractivity contribution is 0.0553. The Kier molecular flexibility index (Phi) is 13.9. The van der Waals surface area contributed by atoms with Crippen molar-refractivity contribution in [3.63, 3.8) is 0 Å². The Labute approximate surface area is 190 Å². The average Bonchev–Trinajstić information content (AvgIpc) is 2.79. The predicted molar refractivity (Wildman–Crippen MR) is 128 cm³/mol. The van der Waals surface area contributed by atoms with Crippen molar-refractivity contribution < 1.29 is 19.1 Å². The summed E-state index contributed by atoms with van der Waals surface area (Å²) in [5.41, 5.74) is 4.02. The van der Waals surface area contributed by atoms with Gasteiger partial charge in [-0.2, -0.15) is 0 Å². The van der Waals surface area contributed by atoms with Crippen molar-refractivity contribution in [1.29, 1.82) is 0 Å². The Morgan fingerprint density at radius 3 is 1.61 bits per heavy atom. The van der Waals surface area contributed by atoms with Gasteiger partial charge in [0, 0.05) is 0 Å². The molecule has 0 saturated heterocycles. The van der Waals surface area contributed by atoms with Crippen LogP contribution in [-0.4, -0.2) is 26.2 Å². The molecule has 1 rings (SSSR count). The van der Waals surface area contributed by atoms with Crippen LogP contribution in [-0.2, 0) is 28.7 Å². The van der Waals surface area contributed by atoms with E-state index in [0.717, 1.165) is 88.2 Å². The van der Waals surface area contributed by atoms with Crippen molar-refractivity contribution in [2.24, 2.45) is 0 Å². The highest BCUT2D eigenvalue weighted by Gasteiger charge is 2.28. The third kappa shape index (κ3) is 8.66. The number of hydrogen-bond acceptors (Lipinski definition) is 4. The molecule has 0 aromatic heterocycles. The number of hydrogen-bond donors (Lipinski definition) is 0. The van der Waals surface area contributed by atoms with E-state index in [2.05, 4.69) is 26.8 Å². The molecular formula is C27H44O4. The molecule has 0 fully saturated rings. The topological polar surface area (TPSA) is 52.6 Å². The number of unbranched alkanes of at least 4 members (excludes halogenated alkanes) is 8. The van der Waals surface area contributed by atoms with Gasteiger partial charge in [-0.1, -0.05) is 78.2 Å². The molecular weight excluding hydrogens is 388 g/mol. The van der Waals surface area contributed by atoms with Crippen molar-refractivity contribution in [3.05, 3.63) is 33.9 Å². The second-order valence-electron chi connectivity index (χ2n) is 8.48. The van der Waals surface area contributed by atoms with E-state index < -0.39 is 11.9 Å². The predicted octanol–water partition coefficient (Wildman–Crippen LogP) is 7.24. The van der Waals surface area contributed by atoms with Gasteiger partial charge in [0.05, 0.1) is 25.3 Å². The van der Waals surface area contributed by atoms with Gasteiger partial charge < -0.3 is 9.47 Å². The molecule has 0 bridgehead atoms. The monoisotopic (exact) mass is 432 g/mol. The lowest BCUT2D eigenvalue weighted by atomic mass is 9.85. The number of ether oxygens (including phenoxy) is 2. The van der Waals surface area contributed by atoms with Gasteiger partial charge in [0.25, 0.3) is 0 Å². The first-order valence-electron chi connectivity index (χ1n) is 12.4. The van der Waals surface area contributed by atoms with Crippen molar-refractivity contribution in [2.75, 3.05) is 14.2 Å². The summed E-state index contributed by atoms with van der Waals surface area (Å²) in [6.45, 7) is 6.58. The van der Waals surface area contributed by atoms with E-state index in [1.807, 2.05) is 0 Å². The smallest absolute Gasteiger partial charge is 0.339 e. The third-order valence-electron chi connectivity index (χ3n) is 6.02. The lowest BCUT2D eigenvalue weighted by Gasteiger charge is -2.21. The molecule has 0 aliphatic rings. The number of aryl methyl sites for hydroxylation is 2. The normalized spacial score (nSPS) is 10.9. The zero-order chi connectivity index (χ0) is 23.1. The van der Waals surface area contributed by atoms with Crippen molar-refractivity contribution in [2.45, 2.75) is 111 Å². The zero-order valence-electron chi connectivity index (χ0n) is 20.6. The van der Waals surface area contributed by atoms with Crippen LogP contribution in [0, 0.1) is 0 Å². The molecule has 0 unspecified atom stereocenters. The second-order valence-corrected chi connectivity index (χ2v) is 8.48. The van der Waals surface area contributed by atoms with Crippen LogP contribution in [0.5, 0.6) is 0 Å². The van der Waals surface area contributed by atoms with Crippen LogP contribution in [0.4, 0.5) is 0 Å². The zero-order valence-corrected chi connectivity index (χ0v) is 20.6. The van der Waals surface area contributed by atoms with Crippen LogP contribution in [0.15, 0.2) is 6.07 Å². The highest BCUT2D eigenvalue weighted by Crippen LogP contribution is 2.30. The fraction of sp³-hybridized carbons (Fsp3) is 0.704. The summed E-state index contributed by atoms with van der Waals surface area (Å²) in [6, 6.07) is 2.19. The summed E-state index contributed by atoms with van der Waals surface area (Å²) in [5, 5.41) is 0. The molecule has 0 N–H and O–H groups in total. The van der Waals surface area contributed by atoms with E-state index in [-0.39, 0.29) is 0 Å². The van der Waals surface area contributed by atoms with Crippen LogP contribution >= 0.6 is 0 Å². The molecule has 0 amide bonds. The summed E-state index contributed by atoms with van der Waals surface area (Å²) in [6.07, 6.45) is 14.9. The van der Waals surface area contributed by atoms with Gasteiger partial charge >= 0.3 is 11.9 Å². The maximum absolute atomic E-state index is 12.9. The Bertz CT molecular complexity index is 678. The van der Waals surface area contributed by atoms with Gasteiger partial charge in [-0.15, -0.1) is 0 Å². The Balaban J connectivity index is 3.51. The fourth-order valence-corrected chi connectivity index (χ4v) is 4.25. The minimum absolute atomic E-state index is 0.418. The van der Waals surface area contributed by atoms with Crippen molar-refractivity contribution in [1.82, 2.24) is 0 Å².